The van der Waals surface area contributed by atoms with Crippen molar-refractivity contribution in [3.8, 4) is 5.82 Å². The van der Waals surface area contributed by atoms with Crippen molar-refractivity contribution >= 4 is 17.4 Å². The van der Waals surface area contributed by atoms with E-state index in [1.54, 1.807) is 21.8 Å². The van der Waals surface area contributed by atoms with Crippen molar-refractivity contribution in [2.24, 2.45) is 0 Å². The normalized spacial score (nSPS) is 14.1. The predicted molar refractivity (Wildman–Crippen MR) is 100 cm³/mol. The standard InChI is InChI=1S/C18H17N7O3/c26-18(14-3-1-4-15(11-14)25(27)28)23-9-7-22(8-10-23)16-12-17(20-13-19-16)24-6-2-5-21-24/h1-6,11-13H,7-10H2. The maximum atomic E-state index is 12.7. The molecular weight excluding hydrogens is 362 g/mol. The molecule has 142 valence electrons. The van der Waals surface area contributed by atoms with E-state index >= 15 is 0 Å². The molecule has 2 aromatic heterocycles. The summed E-state index contributed by atoms with van der Waals surface area (Å²) in [6, 6.07) is 9.49. The zero-order chi connectivity index (χ0) is 19.5. The third kappa shape index (κ3) is 3.52. The van der Waals surface area contributed by atoms with Crippen LogP contribution in [0.25, 0.3) is 5.82 Å². The van der Waals surface area contributed by atoms with Crippen LogP contribution in [0.15, 0.2) is 55.1 Å². The van der Waals surface area contributed by atoms with Gasteiger partial charge >= 0.3 is 0 Å². The fourth-order valence-electron chi connectivity index (χ4n) is 3.11. The summed E-state index contributed by atoms with van der Waals surface area (Å²) in [5.74, 6) is 1.23. The van der Waals surface area contributed by atoms with Gasteiger partial charge in [-0.15, -0.1) is 0 Å². The molecule has 0 spiro atoms. The zero-order valence-corrected chi connectivity index (χ0v) is 14.9. The van der Waals surface area contributed by atoms with Gasteiger partial charge in [0.25, 0.3) is 11.6 Å². The van der Waals surface area contributed by atoms with Gasteiger partial charge in [0.15, 0.2) is 5.82 Å². The first-order valence-electron chi connectivity index (χ1n) is 8.72. The second-order valence-electron chi connectivity index (χ2n) is 6.27. The minimum absolute atomic E-state index is 0.0865. The van der Waals surface area contributed by atoms with E-state index in [1.165, 1.54) is 24.5 Å². The molecule has 3 aromatic rings. The summed E-state index contributed by atoms with van der Waals surface area (Å²) in [6.45, 7) is 2.22. The highest BCUT2D eigenvalue weighted by atomic mass is 16.6. The van der Waals surface area contributed by atoms with Gasteiger partial charge in [-0.05, 0) is 12.1 Å². The molecule has 1 fully saturated rings. The summed E-state index contributed by atoms with van der Waals surface area (Å²) in [7, 11) is 0. The Hall–Kier alpha value is -3.82. The number of rotatable bonds is 4. The quantitative estimate of drug-likeness (QED) is 0.499. The lowest BCUT2D eigenvalue weighted by Crippen LogP contribution is -2.49. The topological polar surface area (TPSA) is 110 Å². The van der Waals surface area contributed by atoms with Gasteiger partial charge in [0.2, 0.25) is 0 Å². The molecule has 0 bridgehead atoms. The summed E-state index contributed by atoms with van der Waals surface area (Å²) in [5.41, 5.74) is 0.238. The van der Waals surface area contributed by atoms with Crippen LogP contribution in [0.2, 0.25) is 0 Å². The van der Waals surface area contributed by atoms with E-state index < -0.39 is 4.92 Å². The van der Waals surface area contributed by atoms with Crippen LogP contribution in [0, 0.1) is 10.1 Å². The summed E-state index contributed by atoms with van der Waals surface area (Å²) in [6.07, 6.45) is 4.98. The molecule has 1 aliphatic rings. The minimum Gasteiger partial charge on any atom is -0.353 e. The lowest BCUT2D eigenvalue weighted by Gasteiger charge is -2.35. The number of piperazine rings is 1. The molecule has 28 heavy (non-hydrogen) atoms. The summed E-state index contributed by atoms with van der Waals surface area (Å²) < 4.78 is 1.66. The molecule has 0 radical (unpaired) electrons. The van der Waals surface area contributed by atoms with E-state index in [4.69, 9.17) is 0 Å². The maximum absolute atomic E-state index is 12.7. The minimum atomic E-state index is -0.499. The summed E-state index contributed by atoms with van der Waals surface area (Å²) in [5, 5.41) is 15.1. The van der Waals surface area contributed by atoms with E-state index in [1.807, 2.05) is 18.3 Å². The van der Waals surface area contributed by atoms with Crippen molar-refractivity contribution in [1.29, 1.82) is 0 Å². The predicted octanol–water partition coefficient (Wildman–Crippen LogP) is 1.53. The van der Waals surface area contributed by atoms with E-state index in [-0.39, 0.29) is 11.6 Å². The van der Waals surface area contributed by atoms with Crippen molar-refractivity contribution in [3.05, 3.63) is 70.8 Å². The molecule has 10 heteroatoms. The Balaban J connectivity index is 1.44. The fraction of sp³-hybridized carbons (Fsp3) is 0.222. The average Bonchev–Trinajstić information content (AvgIpc) is 3.28. The number of carbonyl (C=O) groups excluding carboxylic acids is 1. The molecule has 1 amide bonds. The first kappa shape index (κ1) is 17.6. The maximum Gasteiger partial charge on any atom is 0.270 e. The number of amides is 1. The van der Waals surface area contributed by atoms with Crippen molar-refractivity contribution in [1.82, 2.24) is 24.6 Å². The Morgan fingerprint density at radius 2 is 1.82 bits per heavy atom. The Bertz CT molecular complexity index is 998. The van der Waals surface area contributed by atoms with Crippen LogP contribution in [0.4, 0.5) is 11.5 Å². The molecule has 0 atom stereocenters. The smallest absolute Gasteiger partial charge is 0.270 e. The molecule has 3 heterocycles. The van der Waals surface area contributed by atoms with Gasteiger partial charge < -0.3 is 9.80 Å². The Labute approximate surface area is 160 Å². The van der Waals surface area contributed by atoms with Crippen molar-refractivity contribution < 1.29 is 9.72 Å². The summed E-state index contributed by atoms with van der Waals surface area (Å²) in [4.78, 5) is 35.4. The second-order valence-corrected chi connectivity index (χ2v) is 6.27. The third-order valence-corrected chi connectivity index (χ3v) is 4.57. The number of aromatic nitrogens is 4. The molecule has 0 N–H and O–H groups in total. The Kier molecular flexibility index (Phi) is 4.67. The number of nitro benzene ring substituents is 1. The van der Waals surface area contributed by atoms with Crippen molar-refractivity contribution in [3.63, 3.8) is 0 Å². The number of non-ortho nitro benzene ring substituents is 1. The van der Waals surface area contributed by atoms with E-state index in [0.29, 0.717) is 37.6 Å². The molecule has 0 aliphatic carbocycles. The van der Waals surface area contributed by atoms with Gasteiger partial charge in [-0.3, -0.25) is 14.9 Å². The molecule has 0 saturated carbocycles. The van der Waals surface area contributed by atoms with E-state index in [2.05, 4.69) is 20.0 Å². The third-order valence-electron chi connectivity index (χ3n) is 4.57. The lowest BCUT2D eigenvalue weighted by atomic mass is 10.1. The van der Waals surface area contributed by atoms with Gasteiger partial charge in [0.1, 0.15) is 12.1 Å². The van der Waals surface area contributed by atoms with E-state index in [9.17, 15) is 14.9 Å². The summed E-state index contributed by atoms with van der Waals surface area (Å²) >= 11 is 0. The van der Waals surface area contributed by atoms with E-state index in [0.717, 1.165) is 5.82 Å². The highest BCUT2D eigenvalue weighted by Crippen LogP contribution is 2.18. The first-order chi connectivity index (χ1) is 13.6. The number of carbonyl (C=O) groups is 1. The Morgan fingerprint density at radius 3 is 2.54 bits per heavy atom. The molecule has 0 unspecified atom stereocenters. The fourth-order valence-corrected chi connectivity index (χ4v) is 3.11. The number of hydrogen-bond acceptors (Lipinski definition) is 7. The van der Waals surface area contributed by atoms with Crippen LogP contribution >= 0.6 is 0 Å². The average molecular weight is 379 g/mol. The van der Waals surface area contributed by atoms with Crippen LogP contribution in [-0.4, -0.2) is 61.7 Å². The monoisotopic (exact) mass is 379 g/mol. The second kappa shape index (κ2) is 7.43. The largest absolute Gasteiger partial charge is 0.353 e. The van der Waals surface area contributed by atoms with Crippen LogP contribution in [0.3, 0.4) is 0 Å². The van der Waals surface area contributed by atoms with Crippen LogP contribution in [0.5, 0.6) is 0 Å². The van der Waals surface area contributed by atoms with Gasteiger partial charge in [0, 0.05) is 62.3 Å². The first-order valence-corrected chi connectivity index (χ1v) is 8.72. The molecule has 4 rings (SSSR count). The zero-order valence-electron chi connectivity index (χ0n) is 14.9. The van der Waals surface area contributed by atoms with Gasteiger partial charge in [-0.25, -0.2) is 14.6 Å². The molecule has 1 saturated heterocycles. The van der Waals surface area contributed by atoms with Gasteiger partial charge in [-0.1, -0.05) is 6.07 Å². The van der Waals surface area contributed by atoms with Crippen molar-refractivity contribution in [2.75, 3.05) is 31.1 Å². The van der Waals surface area contributed by atoms with Crippen LogP contribution in [0.1, 0.15) is 10.4 Å². The molecule has 1 aromatic carbocycles. The van der Waals surface area contributed by atoms with Crippen LogP contribution in [-0.2, 0) is 0 Å². The molecule has 10 nitrogen and oxygen atoms in total. The van der Waals surface area contributed by atoms with Crippen molar-refractivity contribution in [2.45, 2.75) is 0 Å². The number of benzene rings is 1. The molecular formula is C18H17N7O3. The lowest BCUT2D eigenvalue weighted by molar-refractivity contribution is -0.384. The SMILES string of the molecule is O=C(c1cccc([N+](=O)[O-])c1)N1CCN(c2cc(-n3cccn3)ncn2)CC1. The van der Waals surface area contributed by atoms with Crippen LogP contribution < -0.4 is 4.90 Å². The number of anilines is 1. The van der Waals surface area contributed by atoms with Gasteiger partial charge in [-0.2, -0.15) is 5.10 Å². The number of nitro groups is 1. The highest BCUT2D eigenvalue weighted by Gasteiger charge is 2.24. The highest BCUT2D eigenvalue weighted by molar-refractivity contribution is 5.95. The number of nitrogens with zero attached hydrogens (tertiary/aromatic N) is 7. The molecule has 1 aliphatic heterocycles. The van der Waals surface area contributed by atoms with Gasteiger partial charge in [0.05, 0.1) is 4.92 Å². The Morgan fingerprint density at radius 1 is 1.04 bits per heavy atom. The number of hydrogen-bond donors (Lipinski definition) is 0.